The first-order chi connectivity index (χ1) is 18.6. The molecule has 4 aromatic carbocycles. The summed E-state index contributed by atoms with van der Waals surface area (Å²) in [5.74, 6) is 0.110. The smallest absolute Gasteiger partial charge is 0.316 e. The third kappa shape index (κ3) is 4.93. The summed E-state index contributed by atoms with van der Waals surface area (Å²) in [4.78, 5) is 34.6. The van der Waals surface area contributed by atoms with E-state index >= 15 is 0 Å². The van der Waals surface area contributed by atoms with E-state index in [0.717, 1.165) is 21.5 Å². The summed E-state index contributed by atoms with van der Waals surface area (Å²) < 4.78 is 4.93. The van der Waals surface area contributed by atoms with E-state index in [4.69, 9.17) is 9.72 Å². The van der Waals surface area contributed by atoms with Crippen LogP contribution < -0.4 is 26.8 Å². The highest BCUT2D eigenvalue weighted by atomic mass is 32.2. The molecule has 5 aromatic rings. The molecule has 1 heterocycles. The second-order valence-electron chi connectivity index (χ2n) is 8.48. The molecule has 0 aliphatic rings. The number of hydrogen-bond donors (Lipinski definition) is 1. The summed E-state index contributed by atoms with van der Waals surface area (Å²) in [5.41, 5.74) is 0.565. The standard InChI is InChI=1S/C31H25N2O3PS/c1-36-27(34)22-38-31-28(30(35)32-29(33-31)23-14-6-2-7-15-23)37(24-16-8-3-9-17-24,25-18-10-4-11-19-25)26-20-12-5-13-21-26/h2-21H,22H2,1H3/p+1. The number of methoxy groups -OCH3 is 1. The fourth-order valence-electron chi connectivity index (χ4n) is 4.55. The highest BCUT2D eigenvalue weighted by Gasteiger charge is 2.52. The van der Waals surface area contributed by atoms with Gasteiger partial charge >= 0.3 is 5.97 Å². The third-order valence-corrected chi connectivity index (χ3v) is 11.6. The summed E-state index contributed by atoms with van der Waals surface area (Å²) in [5, 5.41) is 4.16. The van der Waals surface area contributed by atoms with Gasteiger partial charge in [0.15, 0.2) is 7.26 Å². The number of nitrogens with one attached hydrogen (secondary N) is 1. The topological polar surface area (TPSA) is 72.0 Å². The van der Waals surface area contributed by atoms with E-state index in [9.17, 15) is 9.59 Å². The van der Waals surface area contributed by atoms with Crippen LogP contribution in [0.3, 0.4) is 0 Å². The summed E-state index contributed by atoms with van der Waals surface area (Å²) >= 11 is 1.24. The lowest BCUT2D eigenvalue weighted by atomic mass is 10.2. The van der Waals surface area contributed by atoms with Gasteiger partial charge in [0.25, 0.3) is 5.56 Å². The van der Waals surface area contributed by atoms with Crippen LogP contribution in [0.25, 0.3) is 11.4 Å². The minimum atomic E-state index is -2.74. The zero-order valence-electron chi connectivity index (χ0n) is 20.8. The minimum absolute atomic E-state index is 0.0343. The average molecular weight is 538 g/mol. The Bertz CT molecular complexity index is 1480. The normalized spacial score (nSPS) is 11.2. The number of hydrogen-bond acceptors (Lipinski definition) is 5. The number of esters is 1. The van der Waals surface area contributed by atoms with E-state index in [0.29, 0.717) is 16.2 Å². The molecule has 0 amide bonds. The fourth-order valence-corrected chi connectivity index (χ4v) is 10.1. The highest BCUT2D eigenvalue weighted by Crippen LogP contribution is 2.54. The molecular weight excluding hydrogens is 511 g/mol. The van der Waals surface area contributed by atoms with Crippen LogP contribution >= 0.6 is 19.0 Å². The zero-order chi connectivity index (χ0) is 26.4. The summed E-state index contributed by atoms with van der Waals surface area (Å²) in [7, 11) is -1.38. The molecule has 0 aliphatic carbocycles. The molecule has 1 aromatic heterocycles. The van der Waals surface area contributed by atoms with Crippen molar-refractivity contribution in [2.45, 2.75) is 5.03 Å². The van der Waals surface area contributed by atoms with Gasteiger partial charge in [0, 0.05) is 5.56 Å². The van der Waals surface area contributed by atoms with Crippen molar-refractivity contribution in [1.82, 2.24) is 9.97 Å². The van der Waals surface area contributed by atoms with E-state index in [-0.39, 0.29) is 17.3 Å². The molecule has 0 bridgehead atoms. The number of aromatic nitrogens is 2. The minimum Gasteiger partial charge on any atom is -0.468 e. The molecule has 1 N–H and O–H groups in total. The van der Waals surface area contributed by atoms with Gasteiger partial charge in [-0.1, -0.05) is 96.7 Å². The van der Waals surface area contributed by atoms with Gasteiger partial charge in [-0.15, -0.1) is 0 Å². The number of carbonyl (C=O) groups is 1. The van der Waals surface area contributed by atoms with Gasteiger partial charge in [0.1, 0.15) is 26.8 Å². The second kappa shape index (κ2) is 11.6. The Hall–Kier alpha value is -3.99. The van der Waals surface area contributed by atoms with Gasteiger partial charge in [-0.3, -0.25) is 9.59 Å². The molecule has 38 heavy (non-hydrogen) atoms. The molecule has 0 atom stereocenters. The van der Waals surface area contributed by atoms with Gasteiger partial charge in [0.2, 0.25) is 5.30 Å². The molecule has 0 fully saturated rings. The molecule has 5 nitrogen and oxygen atoms in total. The Kier molecular flexibility index (Phi) is 7.83. The maximum absolute atomic E-state index is 14.3. The molecule has 0 saturated heterocycles. The largest absolute Gasteiger partial charge is 0.468 e. The Morgan fingerprint density at radius 3 is 1.66 bits per heavy atom. The molecule has 0 unspecified atom stereocenters. The van der Waals surface area contributed by atoms with E-state index in [1.807, 2.05) is 84.9 Å². The molecule has 0 saturated carbocycles. The number of nitrogens with zero attached hydrogens (tertiary/aromatic N) is 1. The van der Waals surface area contributed by atoms with Crippen molar-refractivity contribution in [3.63, 3.8) is 0 Å². The number of aromatic amines is 1. The van der Waals surface area contributed by atoms with E-state index < -0.39 is 7.26 Å². The van der Waals surface area contributed by atoms with Crippen LogP contribution in [0.15, 0.2) is 131 Å². The Labute approximate surface area is 226 Å². The van der Waals surface area contributed by atoms with Crippen molar-refractivity contribution in [2.24, 2.45) is 0 Å². The lowest BCUT2D eigenvalue weighted by molar-refractivity contribution is -0.137. The quantitative estimate of drug-likeness (QED) is 0.138. The number of H-pyrrole nitrogens is 1. The van der Waals surface area contributed by atoms with Crippen molar-refractivity contribution in [2.75, 3.05) is 12.9 Å². The monoisotopic (exact) mass is 537 g/mol. The van der Waals surface area contributed by atoms with Crippen molar-refractivity contribution in [3.8, 4) is 11.4 Å². The van der Waals surface area contributed by atoms with Crippen molar-refractivity contribution in [1.29, 1.82) is 0 Å². The van der Waals surface area contributed by atoms with Crippen molar-refractivity contribution in [3.05, 3.63) is 132 Å². The van der Waals surface area contributed by atoms with Crippen molar-refractivity contribution >= 4 is 46.2 Å². The first kappa shape index (κ1) is 25.7. The molecular formula is C31H26N2O3PS+. The van der Waals surface area contributed by atoms with Crippen LogP contribution in [0, 0.1) is 0 Å². The number of thioether (sulfide) groups is 1. The lowest BCUT2D eigenvalue weighted by Crippen LogP contribution is -2.46. The predicted octanol–water partition coefficient (Wildman–Crippen LogP) is 4.32. The van der Waals surface area contributed by atoms with Crippen LogP contribution in [-0.4, -0.2) is 28.8 Å². The number of ether oxygens (including phenoxy) is 1. The van der Waals surface area contributed by atoms with Crippen LogP contribution in [0.4, 0.5) is 0 Å². The number of carbonyl (C=O) groups excluding carboxylic acids is 1. The summed E-state index contributed by atoms with van der Waals surface area (Å²) in [6.45, 7) is 0. The molecule has 0 spiro atoms. The van der Waals surface area contributed by atoms with E-state index in [1.165, 1.54) is 18.9 Å². The SMILES string of the molecule is COC(=O)CSc1nc(-c2ccccc2)[nH]c(=O)c1[P+](c1ccccc1)(c1ccccc1)c1ccccc1. The molecule has 5 rings (SSSR count). The molecule has 7 heteroatoms. The molecule has 0 aliphatic heterocycles. The summed E-state index contributed by atoms with van der Waals surface area (Å²) in [6.07, 6.45) is 0. The Morgan fingerprint density at radius 1 is 0.763 bits per heavy atom. The Balaban J connectivity index is 1.89. The average Bonchev–Trinajstić information content (AvgIpc) is 2.99. The second-order valence-corrected chi connectivity index (χ2v) is 12.8. The van der Waals surface area contributed by atoms with Gasteiger partial charge in [-0.25, -0.2) is 4.98 Å². The fraction of sp³-hybridized carbons (Fsp3) is 0.0645. The highest BCUT2D eigenvalue weighted by molar-refractivity contribution is 8.04. The van der Waals surface area contributed by atoms with Crippen LogP contribution in [0.1, 0.15) is 0 Å². The first-order valence-electron chi connectivity index (χ1n) is 12.1. The molecule has 188 valence electrons. The van der Waals surface area contributed by atoms with E-state index in [1.54, 1.807) is 0 Å². The zero-order valence-corrected chi connectivity index (χ0v) is 22.5. The number of benzene rings is 4. The third-order valence-electron chi connectivity index (χ3n) is 6.23. The van der Waals surface area contributed by atoms with E-state index in [2.05, 4.69) is 41.4 Å². The van der Waals surface area contributed by atoms with Gasteiger partial charge < -0.3 is 9.72 Å². The predicted molar refractivity (Wildman–Crippen MR) is 158 cm³/mol. The molecule has 0 radical (unpaired) electrons. The summed E-state index contributed by atoms with van der Waals surface area (Å²) in [6, 6.07) is 39.9. The van der Waals surface area contributed by atoms with Gasteiger partial charge in [0.05, 0.1) is 12.9 Å². The van der Waals surface area contributed by atoms with Crippen LogP contribution in [-0.2, 0) is 9.53 Å². The maximum Gasteiger partial charge on any atom is 0.316 e. The number of rotatable bonds is 8. The van der Waals surface area contributed by atoms with Crippen LogP contribution in [0.5, 0.6) is 0 Å². The van der Waals surface area contributed by atoms with Gasteiger partial charge in [-0.2, -0.15) is 0 Å². The lowest BCUT2D eigenvalue weighted by Gasteiger charge is -2.28. The maximum atomic E-state index is 14.3. The van der Waals surface area contributed by atoms with Crippen LogP contribution in [0.2, 0.25) is 0 Å². The van der Waals surface area contributed by atoms with Gasteiger partial charge in [-0.05, 0) is 36.4 Å². The van der Waals surface area contributed by atoms with Crippen molar-refractivity contribution < 1.29 is 9.53 Å². The first-order valence-corrected chi connectivity index (χ1v) is 14.9. The Morgan fingerprint density at radius 2 is 1.21 bits per heavy atom.